The Kier molecular flexibility index (Phi) is 6.54. The van der Waals surface area contributed by atoms with E-state index in [2.05, 4.69) is 33.1 Å². The molecule has 0 unspecified atom stereocenters. The molecule has 0 fully saturated rings. The van der Waals surface area contributed by atoms with Crippen molar-refractivity contribution < 1.29 is 14.3 Å². The molecule has 3 aromatic rings. The van der Waals surface area contributed by atoms with E-state index in [-0.39, 0.29) is 30.8 Å². The number of benzene rings is 1. The zero-order valence-electron chi connectivity index (χ0n) is 16.8. The fraction of sp³-hybridized carbons (Fsp3) is 0.227. The molecule has 1 aliphatic rings. The van der Waals surface area contributed by atoms with Crippen molar-refractivity contribution in [2.45, 2.75) is 13.2 Å². The Balaban J connectivity index is 0.00000256. The quantitative estimate of drug-likeness (QED) is 0.650. The minimum Gasteiger partial charge on any atom is -0.367 e. The molecule has 0 saturated heterocycles. The molecule has 0 atom stereocenters. The van der Waals surface area contributed by atoms with Crippen LogP contribution in [0.4, 0.5) is 5.82 Å². The van der Waals surface area contributed by atoms with Crippen LogP contribution >= 0.6 is 12.4 Å². The molecule has 0 spiro atoms. The minimum atomic E-state index is -0.218. The van der Waals surface area contributed by atoms with E-state index >= 15 is 0 Å². The number of fused-ring (bicyclic) bond motifs is 2. The lowest BCUT2D eigenvalue weighted by molar-refractivity contribution is -0.125. The molecular weight excluding hydrogens is 404 g/mol. The van der Waals surface area contributed by atoms with E-state index in [0.29, 0.717) is 19.0 Å². The van der Waals surface area contributed by atoms with Crippen molar-refractivity contribution in [2.75, 3.05) is 19.0 Å². The minimum absolute atomic E-state index is 0. The maximum absolute atomic E-state index is 12.6. The number of hydrogen-bond acceptors (Lipinski definition) is 4. The normalized spacial score (nSPS) is 13.5. The highest BCUT2D eigenvalue weighted by Crippen LogP contribution is 2.20. The number of amides is 2. The molecular formula is C22H23ClN4O3. The second-order valence-corrected chi connectivity index (χ2v) is 7.10. The molecule has 2 amide bonds. The van der Waals surface area contributed by atoms with Gasteiger partial charge in [-0.15, -0.1) is 12.4 Å². The molecule has 1 aromatic carbocycles. The molecule has 2 aromatic heterocycles. The Morgan fingerprint density at radius 1 is 1.30 bits per heavy atom. The number of anilines is 1. The van der Waals surface area contributed by atoms with Gasteiger partial charge in [0.2, 0.25) is 5.91 Å². The second-order valence-electron chi connectivity index (χ2n) is 7.10. The molecule has 4 rings (SSSR count). The summed E-state index contributed by atoms with van der Waals surface area (Å²) in [7, 11) is 3.79. The third kappa shape index (κ3) is 4.53. The van der Waals surface area contributed by atoms with Crippen LogP contribution in [0.15, 0.2) is 48.7 Å². The highest BCUT2D eigenvalue weighted by molar-refractivity contribution is 5.93. The van der Waals surface area contributed by atoms with E-state index < -0.39 is 0 Å². The molecule has 0 aliphatic carbocycles. The number of rotatable bonds is 4. The van der Waals surface area contributed by atoms with Crippen molar-refractivity contribution in [2.24, 2.45) is 7.05 Å². The van der Waals surface area contributed by atoms with Gasteiger partial charge in [0.1, 0.15) is 12.4 Å². The van der Waals surface area contributed by atoms with Gasteiger partial charge in [0.15, 0.2) is 0 Å². The third-order valence-corrected chi connectivity index (χ3v) is 4.98. The largest absolute Gasteiger partial charge is 0.367 e. The van der Waals surface area contributed by atoms with Gasteiger partial charge < -0.3 is 19.5 Å². The average molecular weight is 427 g/mol. The lowest BCUT2D eigenvalue weighted by atomic mass is 10.2. The molecule has 1 N–H and O–H groups in total. The maximum Gasteiger partial charge on any atom is 0.251 e. The Morgan fingerprint density at radius 2 is 2.10 bits per heavy atom. The molecule has 156 valence electrons. The van der Waals surface area contributed by atoms with Crippen LogP contribution < -0.4 is 5.32 Å². The maximum atomic E-state index is 12.6. The number of pyridine rings is 1. The van der Waals surface area contributed by atoms with Gasteiger partial charge in [0, 0.05) is 43.1 Å². The van der Waals surface area contributed by atoms with Gasteiger partial charge in [0.05, 0.1) is 13.2 Å². The Labute approximate surface area is 180 Å². The molecule has 30 heavy (non-hydrogen) atoms. The second kappa shape index (κ2) is 9.11. The first-order chi connectivity index (χ1) is 14.0. The van der Waals surface area contributed by atoms with Gasteiger partial charge >= 0.3 is 0 Å². The summed E-state index contributed by atoms with van der Waals surface area (Å²) < 4.78 is 7.41. The predicted molar refractivity (Wildman–Crippen MR) is 118 cm³/mol. The van der Waals surface area contributed by atoms with Crippen molar-refractivity contribution in [3.63, 3.8) is 0 Å². The van der Waals surface area contributed by atoms with Crippen LogP contribution in [0, 0.1) is 0 Å². The van der Waals surface area contributed by atoms with Crippen molar-refractivity contribution in [3.05, 3.63) is 65.5 Å². The SMILES string of the molecule is CN(Cc1cc2ccccc2n1C)C(=O)/C=C/c1cnc2c(c1)COCC(=O)N2.Cl. The van der Waals surface area contributed by atoms with Gasteiger partial charge in [-0.25, -0.2) is 4.98 Å². The zero-order chi connectivity index (χ0) is 20.4. The first-order valence-corrected chi connectivity index (χ1v) is 9.34. The number of aromatic nitrogens is 2. The van der Waals surface area contributed by atoms with Crippen molar-refractivity contribution in [1.82, 2.24) is 14.5 Å². The van der Waals surface area contributed by atoms with E-state index in [1.807, 2.05) is 25.2 Å². The van der Waals surface area contributed by atoms with Crippen LogP contribution in [0.1, 0.15) is 16.8 Å². The van der Waals surface area contributed by atoms with Crippen molar-refractivity contribution in [1.29, 1.82) is 0 Å². The lowest BCUT2D eigenvalue weighted by Crippen LogP contribution is -2.25. The predicted octanol–water partition coefficient (Wildman–Crippen LogP) is 3.14. The van der Waals surface area contributed by atoms with Gasteiger partial charge in [-0.05, 0) is 35.2 Å². The first kappa shape index (κ1) is 21.5. The van der Waals surface area contributed by atoms with Crippen LogP contribution in [0.25, 0.3) is 17.0 Å². The van der Waals surface area contributed by atoms with Crippen LogP contribution in [-0.4, -0.2) is 39.9 Å². The highest BCUT2D eigenvalue weighted by atomic mass is 35.5. The number of para-hydroxylation sites is 1. The highest BCUT2D eigenvalue weighted by Gasteiger charge is 2.15. The van der Waals surface area contributed by atoms with E-state index in [1.165, 1.54) is 6.08 Å². The average Bonchev–Trinajstić information content (AvgIpc) is 2.90. The van der Waals surface area contributed by atoms with E-state index in [0.717, 1.165) is 27.7 Å². The number of likely N-dealkylation sites (N-methyl/N-ethyl adjacent to an activating group) is 1. The molecule has 8 heteroatoms. The van der Waals surface area contributed by atoms with Gasteiger partial charge in [-0.1, -0.05) is 18.2 Å². The van der Waals surface area contributed by atoms with Gasteiger partial charge in [-0.2, -0.15) is 0 Å². The Bertz CT molecular complexity index is 1120. The van der Waals surface area contributed by atoms with E-state index in [9.17, 15) is 9.59 Å². The van der Waals surface area contributed by atoms with Crippen LogP contribution in [0.5, 0.6) is 0 Å². The van der Waals surface area contributed by atoms with Gasteiger partial charge in [-0.3, -0.25) is 9.59 Å². The van der Waals surface area contributed by atoms with Crippen LogP contribution in [-0.2, 0) is 34.5 Å². The molecule has 7 nitrogen and oxygen atoms in total. The number of nitrogens with zero attached hydrogens (tertiary/aromatic N) is 3. The summed E-state index contributed by atoms with van der Waals surface area (Å²) in [5.41, 5.74) is 3.77. The standard InChI is InChI=1S/C22H22N4O3.ClH/c1-25(12-18-10-16-5-3-4-6-19(16)26(18)2)21(28)8-7-15-9-17-13-29-14-20(27)24-22(17)23-11-15;/h3-11H,12-14H2,1-2H3,(H,23,24,27);1H/b8-7+;. The number of carbonyl (C=O) groups is 2. The fourth-order valence-corrected chi connectivity index (χ4v) is 3.38. The zero-order valence-corrected chi connectivity index (χ0v) is 17.6. The monoisotopic (exact) mass is 426 g/mol. The lowest BCUT2D eigenvalue weighted by Gasteiger charge is -2.16. The van der Waals surface area contributed by atoms with Gasteiger partial charge in [0.25, 0.3) is 5.91 Å². The fourth-order valence-electron chi connectivity index (χ4n) is 3.38. The van der Waals surface area contributed by atoms with E-state index in [4.69, 9.17) is 4.74 Å². The van der Waals surface area contributed by atoms with Crippen LogP contribution in [0.3, 0.4) is 0 Å². The summed E-state index contributed by atoms with van der Waals surface area (Å²) in [4.78, 5) is 30.0. The molecule has 0 bridgehead atoms. The first-order valence-electron chi connectivity index (χ1n) is 9.34. The summed E-state index contributed by atoms with van der Waals surface area (Å²) in [6.07, 6.45) is 4.88. The Hall–Kier alpha value is -3.16. The summed E-state index contributed by atoms with van der Waals surface area (Å²) in [5.74, 6) is 0.184. The summed E-state index contributed by atoms with van der Waals surface area (Å²) >= 11 is 0. The van der Waals surface area contributed by atoms with Crippen molar-refractivity contribution >= 4 is 47.0 Å². The number of carbonyl (C=O) groups excluding carboxylic acids is 2. The number of aryl methyl sites for hydroxylation is 1. The van der Waals surface area contributed by atoms with Crippen molar-refractivity contribution in [3.8, 4) is 0 Å². The number of hydrogen-bond donors (Lipinski definition) is 1. The summed E-state index contributed by atoms with van der Waals surface area (Å²) in [6, 6.07) is 12.1. The smallest absolute Gasteiger partial charge is 0.251 e. The summed E-state index contributed by atoms with van der Waals surface area (Å²) in [5, 5.41) is 3.86. The number of nitrogens with one attached hydrogen (secondary N) is 1. The molecule has 0 saturated carbocycles. The van der Waals surface area contributed by atoms with E-state index in [1.54, 1.807) is 24.2 Å². The Morgan fingerprint density at radius 3 is 2.90 bits per heavy atom. The number of ether oxygens (including phenoxy) is 1. The molecule has 1 aliphatic heterocycles. The summed E-state index contributed by atoms with van der Waals surface area (Å²) in [6.45, 7) is 0.827. The number of halogens is 1. The molecule has 3 heterocycles. The topological polar surface area (TPSA) is 76.5 Å². The molecule has 0 radical (unpaired) electrons. The van der Waals surface area contributed by atoms with Crippen LogP contribution in [0.2, 0.25) is 0 Å². The third-order valence-electron chi connectivity index (χ3n) is 4.98.